The number of aryl methyl sites for hydroxylation is 3. The monoisotopic (exact) mass is 322 g/mol. The topological polar surface area (TPSA) is 92.4 Å². The van der Waals surface area contributed by atoms with Crippen LogP contribution in [0.1, 0.15) is 29.0 Å². The average Bonchev–Trinajstić information content (AvgIpc) is 3.01. The van der Waals surface area contributed by atoms with Gasteiger partial charge in [0, 0.05) is 0 Å². The fraction of sp³-hybridized carbons (Fsp3) is 0.400. The van der Waals surface area contributed by atoms with Crippen molar-refractivity contribution in [3.05, 3.63) is 46.8 Å². The molecule has 1 aromatic carbocycles. The predicted molar refractivity (Wildman–Crippen MR) is 79.8 cm³/mol. The van der Waals surface area contributed by atoms with Crippen molar-refractivity contribution < 1.29 is 18.0 Å². The van der Waals surface area contributed by atoms with Crippen molar-refractivity contribution in [2.24, 2.45) is 0 Å². The first-order chi connectivity index (χ1) is 10.4. The molecule has 0 fully saturated rings. The minimum Gasteiger partial charge on any atom is -0.394 e. The molecule has 3 rings (SSSR count). The summed E-state index contributed by atoms with van der Waals surface area (Å²) in [6.45, 7) is 2.84. The first-order valence-electron chi connectivity index (χ1n) is 7.06. The van der Waals surface area contributed by atoms with Gasteiger partial charge in [0.25, 0.3) is 0 Å². The van der Waals surface area contributed by atoms with Gasteiger partial charge in [0.2, 0.25) is 10.0 Å². The summed E-state index contributed by atoms with van der Waals surface area (Å²) in [6, 6.07) is 7.57. The second kappa shape index (κ2) is 5.19. The molecule has 6 nitrogen and oxygen atoms in total. The molecule has 0 aliphatic heterocycles. The number of rotatable bonds is 4. The lowest BCUT2D eigenvalue weighted by atomic mass is 9.94. The molecule has 1 atom stereocenters. The van der Waals surface area contributed by atoms with E-state index in [1.807, 2.05) is 24.3 Å². The van der Waals surface area contributed by atoms with Crippen LogP contribution in [0.25, 0.3) is 0 Å². The Balaban J connectivity index is 2.05. The summed E-state index contributed by atoms with van der Waals surface area (Å²) in [6.07, 6.45) is 1.24. The number of nitrogens with zero attached hydrogens (tertiary/aromatic N) is 1. The highest BCUT2D eigenvalue weighted by Gasteiger charge is 2.42. The van der Waals surface area contributed by atoms with Crippen LogP contribution in [0.2, 0.25) is 0 Å². The van der Waals surface area contributed by atoms with Gasteiger partial charge in [-0.1, -0.05) is 29.4 Å². The third-order valence-corrected chi connectivity index (χ3v) is 5.97. The zero-order valence-electron chi connectivity index (χ0n) is 12.5. The van der Waals surface area contributed by atoms with Crippen molar-refractivity contribution in [3.63, 3.8) is 0 Å². The third-order valence-electron chi connectivity index (χ3n) is 4.19. The van der Waals surface area contributed by atoms with E-state index in [0.29, 0.717) is 12.1 Å². The number of sulfonamides is 1. The van der Waals surface area contributed by atoms with E-state index in [-0.39, 0.29) is 17.3 Å². The molecule has 7 heteroatoms. The molecular formula is C15H18N2O4S. The lowest BCUT2D eigenvalue weighted by Crippen LogP contribution is -2.47. The van der Waals surface area contributed by atoms with Gasteiger partial charge in [-0.15, -0.1) is 0 Å². The smallest absolute Gasteiger partial charge is 0.246 e. The Morgan fingerprint density at radius 3 is 2.73 bits per heavy atom. The molecular weight excluding hydrogens is 304 g/mol. The van der Waals surface area contributed by atoms with Gasteiger partial charge in [-0.05, 0) is 37.8 Å². The SMILES string of the molecule is Cc1noc(C)c1S(=O)(=O)NC1(CO)CCc2ccccc21. The van der Waals surface area contributed by atoms with Gasteiger partial charge in [-0.2, -0.15) is 4.72 Å². The Bertz CT molecular complexity index is 793. The number of aromatic nitrogens is 1. The van der Waals surface area contributed by atoms with Crippen LogP contribution in [0.15, 0.2) is 33.7 Å². The highest BCUT2D eigenvalue weighted by molar-refractivity contribution is 7.89. The number of benzene rings is 1. The molecule has 1 unspecified atom stereocenters. The molecule has 0 spiro atoms. The second-order valence-corrected chi connectivity index (χ2v) is 7.28. The van der Waals surface area contributed by atoms with Crippen LogP contribution in [0.4, 0.5) is 0 Å². The van der Waals surface area contributed by atoms with Crippen LogP contribution in [0, 0.1) is 13.8 Å². The van der Waals surface area contributed by atoms with Gasteiger partial charge in [0.15, 0.2) is 5.76 Å². The van der Waals surface area contributed by atoms with Crippen LogP contribution in [0.5, 0.6) is 0 Å². The Labute approximate surface area is 129 Å². The number of hydrogen-bond acceptors (Lipinski definition) is 5. The fourth-order valence-corrected chi connectivity index (χ4v) is 4.89. The van der Waals surface area contributed by atoms with Crippen molar-refractivity contribution >= 4 is 10.0 Å². The zero-order valence-corrected chi connectivity index (χ0v) is 13.3. The molecule has 0 bridgehead atoms. The third kappa shape index (κ3) is 2.25. The maximum atomic E-state index is 12.7. The highest BCUT2D eigenvalue weighted by atomic mass is 32.2. The summed E-state index contributed by atoms with van der Waals surface area (Å²) in [7, 11) is -3.84. The number of hydrogen-bond donors (Lipinski definition) is 2. The van der Waals surface area contributed by atoms with Crippen molar-refractivity contribution in [1.29, 1.82) is 0 Å². The Hall–Kier alpha value is -1.70. The minimum atomic E-state index is -3.84. The summed E-state index contributed by atoms with van der Waals surface area (Å²) in [5.41, 5.74) is 1.20. The largest absolute Gasteiger partial charge is 0.394 e. The normalized spacial score (nSPS) is 21.0. The quantitative estimate of drug-likeness (QED) is 0.888. The molecule has 0 saturated heterocycles. The first-order valence-corrected chi connectivity index (χ1v) is 8.54. The van der Waals surface area contributed by atoms with E-state index >= 15 is 0 Å². The fourth-order valence-electron chi connectivity index (χ4n) is 3.16. The number of nitrogens with one attached hydrogen (secondary N) is 1. The van der Waals surface area contributed by atoms with Crippen molar-refractivity contribution in [2.75, 3.05) is 6.61 Å². The standard InChI is InChI=1S/C15H18N2O4S/c1-10-14(11(2)21-16-10)22(19,20)17-15(9-18)8-7-12-5-3-4-6-13(12)15/h3-6,17-18H,7-9H2,1-2H3. The summed E-state index contributed by atoms with van der Waals surface area (Å²) < 4.78 is 33.1. The van der Waals surface area contributed by atoms with E-state index in [2.05, 4.69) is 9.88 Å². The van der Waals surface area contributed by atoms with E-state index in [1.54, 1.807) is 13.8 Å². The van der Waals surface area contributed by atoms with Crippen molar-refractivity contribution in [2.45, 2.75) is 37.1 Å². The van der Waals surface area contributed by atoms with Crippen LogP contribution in [-0.4, -0.2) is 25.3 Å². The summed E-state index contributed by atoms with van der Waals surface area (Å²) in [4.78, 5) is 0.0460. The molecule has 1 aliphatic rings. The molecule has 1 heterocycles. The molecule has 0 amide bonds. The zero-order chi connectivity index (χ0) is 16.0. The van der Waals surface area contributed by atoms with Crippen LogP contribution < -0.4 is 4.72 Å². The Morgan fingerprint density at radius 1 is 1.36 bits per heavy atom. The highest BCUT2D eigenvalue weighted by Crippen LogP contribution is 2.38. The van der Waals surface area contributed by atoms with Crippen LogP contribution in [-0.2, 0) is 22.0 Å². The summed E-state index contributed by atoms with van der Waals surface area (Å²) in [5.74, 6) is 0.240. The Morgan fingerprint density at radius 2 is 2.09 bits per heavy atom. The van der Waals surface area contributed by atoms with E-state index in [0.717, 1.165) is 17.5 Å². The molecule has 0 saturated carbocycles. The van der Waals surface area contributed by atoms with Gasteiger partial charge in [-0.25, -0.2) is 8.42 Å². The molecule has 1 aliphatic carbocycles. The van der Waals surface area contributed by atoms with Gasteiger partial charge < -0.3 is 9.63 Å². The molecule has 22 heavy (non-hydrogen) atoms. The van der Waals surface area contributed by atoms with Crippen molar-refractivity contribution in [3.8, 4) is 0 Å². The molecule has 118 valence electrons. The van der Waals surface area contributed by atoms with Crippen LogP contribution in [0.3, 0.4) is 0 Å². The lowest BCUT2D eigenvalue weighted by molar-refractivity contribution is 0.182. The number of fused-ring (bicyclic) bond motifs is 1. The van der Waals surface area contributed by atoms with E-state index < -0.39 is 15.6 Å². The molecule has 0 radical (unpaired) electrons. The lowest BCUT2D eigenvalue weighted by Gasteiger charge is -2.29. The van der Waals surface area contributed by atoms with Gasteiger partial charge in [0.1, 0.15) is 10.6 Å². The summed E-state index contributed by atoms with van der Waals surface area (Å²) in [5, 5.41) is 13.6. The first kappa shape index (κ1) is 15.2. The number of aliphatic hydroxyl groups is 1. The van der Waals surface area contributed by atoms with E-state index in [4.69, 9.17) is 4.52 Å². The molecule has 2 aromatic rings. The maximum Gasteiger partial charge on any atom is 0.246 e. The van der Waals surface area contributed by atoms with Crippen LogP contribution >= 0.6 is 0 Å². The van der Waals surface area contributed by atoms with Gasteiger partial charge in [-0.3, -0.25) is 0 Å². The van der Waals surface area contributed by atoms with Gasteiger partial charge in [0.05, 0.1) is 12.1 Å². The van der Waals surface area contributed by atoms with Gasteiger partial charge >= 0.3 is 0 Å². The summed E-state index contributed by atoms with van der Waals surface area (Å²) >= 11 is 0. The predicted octanol–water partition coefficient (Wildman–Crippen LogP) is 1.40. The minimum absolute atomic E-state index is 0.0460. The second-order valence-electron chi connectivity index (χ2n) is 5.66. The average molecular weight is 322 g/mol. The van der Waals surface area contributed by atoms with Crippen molar-refractivity contribution in [1.82, 2.24) is 9.88 Å². The van der Waals surface area contributed by atoms with E-state index in [9.17, 15) is 13.5 Å². The molecule has 1 aromatic heterocycles. The Kier molecular flexibility index (Phi) is 3.58. The number of aliphatic hydroxyl groups excluding tert-OH is 1. The molecule has 2 N–H and O–H groups in total. The van der Waals surface area contributed by atoms with E-state index in [1.165, 1.54) is 0 Å². The maximum absolute atomic E-state index is 12.7.